The van der Waals surface area contributed by atoms with E-state index in [4.69, 9.17) is 0 Å². The first-order chi connectivity index (χ1) is 8.16. The average molecular weight is 230 g/mol. The molecule has 0 radical (unpaired) electrons. The Labute approximate surface area is 99.2 Å². The van der Waals surface area contributed by atoms with Gasteiger partial charge < -0.3 is 16.0 Å². The van der Waals surface area contributed by atoms with Crippen LogP contribution >= 0.6 is 0 Å². The first-order valence-electron chi connectivity index (χ1n) is 5.92. The smallest absolute Gasteiger partial charge is 0.268 e. The molecule has 1 amide bonds. The van der Waals surface area contributed by atoms with Gasteiger partial charge in [0.1, 0.15) is 11.2 Å². The topological polar surface area (TPSA) is 72.5 Å². The zero-order valence-electron chi connectivity index (χ0n) is 9.89. The van der Waals surface area contributed by atoms with Gasteiger partial charge in [0.25, 0.3) is 5.91 Å². The van der Waals surface area contributed by atoms with Crippen LogP contribution in [-0.2, 0) is 6.42 Å². The minimum atomic E-state index is 0.00533. The van der Waals surface area contributed by atoms with Crippen LogP contribution in [0.1, 0.15) is 28.0 Å². The molecule has 0 aliphatic carbocycles. The molecule has 0 unspecified atom stereocenters. The SMILES string of the molecule is Cc1cc([NH3+])c2[nH]c3c(c2c1)CCCNC3=O. The molecular formula is C13H16N3O+. The van der Waals surface area contributed by atoms with Crippen LogP contribution in [0.3, 0.4) is 0 Å². The highest BCUT2D eigenvalue weighted by Crippen LogP contribution is 2.29. The molecule has 88 valence electrons. The zero-order valence-corrected chi connectivity index (χ0v) is 9.89. The molecule has 17 heavy (non-hydrogen) atoms. The number of amides is 1. The molecule has 4 nitrogen and oxygen atoms in total. The van der Waals surface area contributed by atoms with E-state index in [0.29, 0.717) is 5.69 Å². The molecule has 2 heterocycles. The Kier molecular flexibility index (Phi) is 2.19. The van der Waals surface area contributed by atoms with E-state index >= 15 is 0 Å². The molecule has 0 atom stereocenters. The van der Waals surface area contributed by atoms with Crippen molar-refractivity contribution in [1.82, 2.24) is 10.3 Å². The molecule has 4 heteroatoms. The van der Waals surface area contributed by atoms with Gasteiger partial charge in [-0.3, -0.25) is 4.79 Å². The molecule has 3 rings (SSSR count). The second kappa shape index (κ2) is 3.60. The lowest BCUT2D eigenvalue weighted by atomic mass is 10.0. The summed E-state index contributed by atoms with van der Waals surface area (Å²) in [5.74, 6) is 0.00533. The highest BCUT2D eigenvalue weighted by Gasteiger charge is 2.21. The van der Waals surface area contributed by atoms with E-state index in [1.54, 1.807) is 0 Å². The molecule has 2 aromatic rings. The number of H-pyrrole nitrogens is 1. The third kappa shape index (κ3) is 1.52. The number of fused-ring (bicyclic) bond motifs is 3. The number of carbonyl (C=O) groups is 1. The Balaban J connectivity index is 2.35. The second-order valence-corrected chi connectivity index (χ2v) is 4.68. The van der Waals surface area contributed by atoms with E-state index in [9.17, 15) is 4.79 Å². The Bertz CT molecular complexity index is 613. The maximum atomic E-state index is 11.9. The zero-order chi connectivity index (χ0) is 12.0. The predicted molar refractivity (Wildman–Crippen MR) is 66.2 cm³/mol. The van der Waals surface area contributed by atoms with Gasteiger partial charge in [0, 0.05) is 18.0 Å². The van der Waals surface area contributed by atoms with Crippen LogP contribution in [0.25, 0.3) is 10.9 Å². The van der Waals surface area contributed by atoms with Crippen molar-refractivity contribution in [2.75, 3.05) is 6.54 Å². The summed E-state index contributed by atoms with van der Waals surface area (Å²) in [4.78, 5) is 15.1. The Morgan fingerprint density at radius 1 is 1.35 bits per heavy atom. The van der Waals surface area contributed by atoms with Crippen molar-refractivity contribution >= 4 is 22.5 Å². The van der Waals surface area contributed by atoms with Crippen LogP contribution in [-0.4, -0.2) is 17.4 Å². The van der Waals surface area contributed by atoms with Gasteiger partial charge in [0.05, 0.1) is 0 Å². The summed E-state index contributed by atoms with van der Waals surface area (Å²) in [5, 5.41) is 4.06. The number of hydrogen-bond donors (Lipinski definition) is 3. The van der Waals surface area contributed by atoms with Gasteiger partial charge in [-0.15, -0.1) is 0 Å². The van der Waals surface area contributed by atoms with Gasteiger partial charge in [-0.1, -0.05) is 0 Å². The third-order valence-electron chi connectivity index (χ3n) is 3.36. The van der Waals surface area contributed by atoms with E-state index in [1.165, 1.54) is 5.56 Å². The van der Waals surface area contributed by atoms with Crippen molar-refractivity contribution < 1.29 is 10.5 Å². The standard InChI is InChI=1S/C13H15N3O/c1-7-5-9-8-3-2-4-15-13(17)12(8)16-11(9)10(14)6-7/h5-6,16H,2-4,14H2,1H3,(H,15,17)/p+1. The second-order valence-electron chi connectivity index (χ2n) is 4.68. The number of nitrogens with one attached hydrogen (secondary N) is 2. The predicted octanol–water partition coefficient (Wildman–Crippen LogP) is 1.03. The number of benzene rings is 1. The summed E-state index contributed by atoms with van der Waals surface area (Å²) in [5.41, 5.74) is 9.04. The van der Waals surface area contributed by atoms with E-state index in [2.05, 4.69) is 29.0 Å². The normalized spacial score (nSPS) is 15.5. The van der Waals surface area contributed by atoms with Crippen LogP contribution < -0.4 is 11.1 Å². The summed E-state index contributed by atoms with van der Waals surface area (Å²) < 4.78 is 0. The lowest BCUT2D eigenvalue weighted by Gasteiger charge is -1.99. The van der Waals surface area contributed by atoms with E-state index in [1.807, 2.05) is 6.07 Å². The first kappa shape index (κ1) is 10.4. The van der Waals surface area contributed by atoms with Crippen molar-refractivity contribution in [1.29, 1.82) is 0 Å². The summed E-state index contributed by atoms with van der Waals surface area (Å²) in [7, 11) is 0. The molecule has 1 aromatic carbocycles. The van der Waals surface area contributed by atoms with Crippen LogP contribution in [0.5, 0.6) is 0 Å². The van der Waals surface area contributed by atoms with E-state index in [0.717, 1.165) is 41.5 Å². The number of aryl methyl sites for hydroxylation is 2. The lowest BCUT2D eigenvalue weighted by molar-refractivity contribution is -0.252. The number of rotatable bonds is 0. The molecule has 0 fully saturated rings. The van der Waals surface area contributed by atoms with Crippen molar-refractivity contribution in [3.05, 3.63) is 29.0 Å². The third-order valence-corrected chi connectivity index (χ3v) is 3.36. The number of aromatic amines is 1. The van der Waals surface area contributed by atoms with Gasteiger partial charge in [-0.05, 0) is 37.0 Å². The molecule has 0 spiro atoms. The fourth-order valence-corrected chi connectivity index (χ4v) is 2.59. The summed E-state index contributed by atoms with van der Waals surface area (Å²) >= 11 is 0. The number of quaternary nitrogens is 1. The molecule has 0 bridgehead atoms. The van der Waals surface area contributed by atoms with E-state index < -0.39 is 0 Å². The minimum absolute atomic E-state index is 0.00533. The maximum absolute atomic E-state index is 11.9. The molecule has 1 aliphatic heterocycles. The van der Waals surface area contributed by atoms with Crippen molar-refractivity contribution in [2.24, 2.45) is 0 Å². The van der Waals surface area contributed by atoms with Crippen molar-refractivity contribution in [3.8, 4) is 0 Å². The molecule has 1 aliphatic rings. The summed E-state index contributed by atoms with van der Waals surface area (Å²) in [6.45, 7) is 2.82. The molecule has 5 N–H and O–H groups in total. The van der Waals surface area contributed by atoms with Crippen LogP contribution in [0.2, 0.25) is 0 Å². The summed E-state index contributed by atoms with van der Waals surface area (Å²) in [6.07, 6.45) is 1.93. The fourth-order valence-electron chi connectivity index (χ4n) is 2.59. The lowest BCUT2D eigenvalue weighted by Crippen LogP contribution is -2.40. The quantitative estimate of drug-likeness (QED) is 0.621. The largest absolute Gasteiger partial charge is 0.351 e. The number of hydrogen-bond acceptors (Lipinski definition) is 1. The number of carbonyl (C=O) groups excluding carboxylic acids is 1. The van der Waals surface area contributed by atoms with Crippen LogP contribution in [0.4, 0.5) is 5.69 Å². The highest BCUT2D eigenvalue weighted by molar-refractivity contribution is 6.03. The van der Waals surface area contributed by atoms with Gasteiger partial charge in [-0.2, -0.15) is 0 Å². The fraction of sp³-hybridized carbons (Fsp3) is 0.308. The Morgan fingerprint density at radius 3 is 3.00 bits per heavy atom. The van der Waals surface area contributed by atoms with Gasteiger partial charge in [0.2, 0.25) is 0 Å². The van der Waals surface area contributed by atoms with E-state index in [-0.39, 0.29) is 5.91 Å². The highest BCUT2D eigenvalue weighted by atomic mass is 16.1. The Morgan fingerprint density at radius 2 is 2.18 bits per heavy atom. The Hall–Kier alpha value is -1.81. The van der Waals surface area contributed by atoms with Gasteiger partial charge in [0.15, 0.2) is 5.69 Å². The molecule has 1 aromatic heterocycles. The molecule has 0 saturated heterocycles. The monoisotopic (exact) mass is 230 g/mol. The van der Waals surface area contributed by atoms with Crippen molar-refractivity contribution in [2.45, 2.75) is 19.8 Å². The molecule has 0 saturated carbocycles. The average Bonchev–Trinajstić information content (AvgIpc) is 2.53. The molecular weight excluding hydrogens is 214 g/mol. The van der Waals surface area contributed by atoms with Crippen molar-refractivity contribution in [3.63, 3.8) is 0 Å². The summed E-state index contributed by atoms with van der Waals surface area (Å²) in [6, 6.07) is 4.17. The van der Waals surface area contributed by atoms with Crippen LogP contribution in [0.15, 0.2) is 12.1 Å². The van der Waals surface area contributed by atoms with Gasteiger partial charge >= 0.3 is 0 Å². The number of aromatic nitrogens is 1. The van der Waals surface area contributed by atoms with Gasteiger partial charge in [-0.25, -0.2) is 0 Å². The maximum Gasteiger partial charge on any atom is 0.268 e. The minimum Gasteiger partial charge on any atom is -0.351 e. The van der Waals surface area contributed by atoms with Crippen LogP contribution in [0, 0.1) is 6.92 Å². The first-order valence-corrected chi connectivity index (χ1v) is 5.92.